The molecule has 2 saturated heterocycles. The average Bonchev–Trinajstić information content (AvgIpc) is 3.01. The predicted molar refractivity (Wildman–Crippen MR) is 89.2 cm³/mol. The van der Waals surface area contributed by atoms with Gasteiger partial charge in [-0.2, -0.15) is 0 Å². The highest BCUT2D eigenvalue weighted by Gasteiger charge is 2.29. The van der Waals surface area contributed by atoms with Crippen molar-refractivity contribution < 1.29 is 9.59 Å². The van der Waals surface area contributed by atoms with Gasteiger partial charge in [0.25, 0.3) is 0 Å². The van der Waals surface area contributed by atoms with Crippen molar-refractivity contribution in [2.75, 3.05) is 39.3 Å². The van der Waals surface area contributed by atoms with Gasteiger partial charge in [0.15, 0.2) is 0 Å². The predicted octanol–water partition coefficient (Wildman–Crippen LogP) is 0.219. The smallest absolute Gasteiger partial charge is 0.239 e. The highest BCUT2D eigenvalue weighted by Crippen LogP contribution is 2.11. The van der Waals surface area contributed by atoms with E-state index in [1.165, 1.54) is 0 Å². The molecular formula is C15H29ClN4O2. The van der Waals surface area contributed by atoms with Crippen molar-refractivity contribution >= 4 is 24.2 Å². The van der Waals surface area contributed by atoms with E-state index in [0.29, 0.717) is 6.54 Å². The van der Waals surface area contributed by atoms with E-state index in [4.69, 9.17) is 0 Å². The van der Waals surface area contributed by atoms with Gasteiger partial charge in [-0.15, -0.1) is 12.4 Å². The highest BCUT2D eigenvalue weighted by molar-refractivity contribution is 5.85. The van der Waals surface area contributed by atoms with Crippen LogP contribution in [0.5, 0.6) is 0 Å². The Bertz CT molecular complexity index is 367. The lowest BCUT2D eigenvalue weighted by Crippen LogP contribution is -2.54. The van der Waals surface area contributed by atoms with Gasteiger partial charge in [-0.1, -0.05) is 6.92 Å². The monoisotopic (exact) mass is 332 g/mol. The summed E-state index contributed by atoms with van der Waals surface area (Å²) in [7, 11) is 0. The molecule has 2 N–H and O–H groups in total. The van der Waals surface area contributed by atoms with Gasteiger partial charge in [-0.3, -0.25) is 14.5 Å². The third-order valence-corrected chi connectivity index (χ3v) is 4.43. The summed E-state index contributed by atoms with van der Waals surface area (Å²) in [6.07, 6.45) is 2.99. The number of hydrogen-bond acceptors (Lipinski definition) is 4. The van der Waals surface area contributed by atoms with Gasteiger partial charge in [0.1, 0.15) is 0 Å². The van der Waals surface area contributed by atoms with Crippen LogP contribution in [0.2, 0.25) is 0 Å². The second kappa shape index (κ2) is 9.33. The maximum atomic E-state index is 12.3. The number of carbonyl (C=O) groups excluding carboxylic acids is 2. The Hall–Kier alpha value is -0.850. The van der Waals surface area contributed by atoms with Crippen molar-refractivity contribution in [1.82, 2.24) is 20.4 Å². The zero-order valence-corrected chi connectivity index (χ0v) is 14.5. The van der Waals surface area contributed by atoms with E-state index >= 15 is 0 Å². The van der Waals surface area contributed by atoms with Crippen molar-refractivity contribution in [2.45, 2.75) is 45.2 Å². The van der Waals surface area contributed by atoms with Crippen molar-refractivity contribution in [1.29, 1.82) is 0 Å². The minimum atomic E-state index is 0. The molecule has 22 heavy (non-hydrogen) atoms. The molecule has 2 atom stereocenters. The van der Waals surface area contributed by atoms with Gasteiger partial charge in [0, 0.05) is 32.2 Å². The van der Waals surface area contributed by atoms with E-state index in [9.17, 15) is 9.59 Å². The third kappa shape index (κ3) is 5.41. The summed E-state index contributed by atoms with van der Waals surface area (Å²) in [6.45, 7) is 8.50. The number of hydrogen-bond donors (Lipinski definition) is 2. The number of rotatable bonds is 5. The van der Waals surface area contributed by atoms with Crippen LogP contribution in [0.3, 0.4) is 0 Å². The number of nitrogens with one attached hydrogen (secondary N) is 2. The lowest BCUT2D eigenvalue weighted by Gasteiger charge is -2.35. The van der Waals surface area contributed by atoms with Crippen molar-refractivity contribution in [3.05, 3.63) is 0 Å². The van der Waals surface area contributed by atoms with Crippen LogP contribution in [0, 0.1) is 0 Å². The van der Waals surface area contributed by atoms with Crippen molar-refractivity contribution in [2.24, 2.45) is 0 Å². The molecule has 2 aliphatic rings. The van der Waals surface area contributed by atoms with E-state index in [1.807, 2.05) is 11.8 Å². The quantitative estimate of drug-likeness (QED) is 0.756. The van der Waals surface area contributed by atoms with Gasteiger partial charge in [0.05, 0.1) is 12.6 Å². The molecule has 0 aromatic heterocycles. The zero-order valence-electron chi connectivity index (χ0n) is 13.6. The normalized spacial score (nSPS) is 23.7. The van der Waals surface area contributed by atoms with Gasteiger partial charge in [-0.05, 0) is 32.7 Å². The van der Waals surface area contributed by atoms with Crippen LogP contribution >= 0.6 is 12.4 Å². The summed E-state index contributed by atoms with van der Waals surface area (Å²) in [4.78, 5) is 28.2. The molecule has 7 heteroatoms. The standard InChI is InChI=1S/C15H28N4O2.ClH/c1-3-12(2)17-14(20)11-18-7-9-19(10-8-18)15(21)13-5-4-6-16-13;/h12-13,16H,3-11H2,1-2H3,(H,17,20);1H. The van der Waals surface area contributed by atoms with E-state index in [0.717, 1.165) is 52.0 Å². The average molecular weight is 333 g/mol. The first-order chi connectivity index (χ1) is 10.1. The fourth-order valence-corrected chi connectivity index (χ4v) is 2.87. The number of piperazine rings is 1. The number of carbonyl (C=O) groups is 2. The first-order valence-electron chi connectivity index (χ1n) is 8.14. The zero-order chi connectivity index (χ0) is 15.2. The second-order valence-corrected chi connectivity index (χ2v) is 6.13. The minimum Gasteiger partial charge on any atom is -0.353 e. The molecule has 0 aromatic carbocycles. The largest absolute Gasteiger partial charge is 0.353 e. The van der Waals surface area contributed by atoms with Crippen LogP contribution in [0.25, 0.3) is 0 Å². The van der Waals surface area contributed by atoms with Crippen molar-refractivity contribution in [3.8, 4) is 0 Å². The molecule has 6 nitrogen and oxygen atoms in total. The Morgan fingerprint density at radius 2 is 1.95 bits per heavy atom. The van der Waals surface area contributed by atoms with Gasteiger partial charge in [0.2, 0.25) is 11.8 Å². The minimum absolute atomic E-state index is 0. The molecule has 2 fully saturated rings. The molecule has 2 rings (SSSR count). The Labute approximate surface area is 139 Å². The van der Waals surface area contributed by atoms with Crippen LogP contribution in [-0.2, 0) is 9.59 Å². The van der Waals surface area contributed by atoms with Crippen LogP contribution in [0.15, 0.2) is 0 Å². The molecule has 128 valence electrons. The Morgan fingerprint density at radius 1 is 1.27 bits per heavy atom. The van der Waals surface area contributed by atoms with E-state index in [2.05, 4.69) is 22.5 Å². The molecule has 0 aromatic rings. The molecule has 0 bridgehead atoms. The SMILES string of the molecule is CCC(C)NC(=O)CN1CCN(C(=O)C2CCCN2)CC1.Cl. The molecule has 2 heterocycles. The molecule has 2 amide bonds. The molecule has 0 saturated carbocycles. The molecule has 0 spiro atoms. The number of halogens is 1. The summed E-state index contributed by atoms with van der Waals surface area (Å²) in [5.41, 5.74) is 0. The second-order valence-electron chi connectivity index (χ2n) is 6.13. The molecule has 0 radical (unpaired) electrons. The maximum absolute atomic E-state index is 12.3. The van der Waals surface area contributed by atoms with Crippen molar-refractivity contribution in [3.63, 3.8) is 0 Å². The summed E-state index contributed by atoms with van der Waals surface area (Å²) in [5.74, 6) is 0.317. The fourth-order valence-electron chi connectivity index (χ4n) is 2.87. The summed E-state index contributed by atoms with van der Waals surface area (Å²) < 4.78 is 0. The molecule has 2 unspecified atom stereocenters. The molecule has 0 aliphatic carbocycles. The van der Waals surface area contributed by atoms with E-state index in [1.54, 1.807) is 0 Å². The van der Waals surface area contributed by atoms with Gasteiger partial charge in [-0.25, -0.2) is 0 Å². The van der Waals surface area contributed by atoms with E-state index in [-0.39, 0.29) is 36.3 Å². The topological polar surface area (TPSA) is 64.7 Å². The van der Waals surface area contributed by atoms with Crippen LogP contribution in [0.1, 0.15) is 33.1 Å². The van der Waals surface area contributed by atoms with Gasteiger partial charge < -0.3 is 15.5 Å². The Kier molecular flexibility index (Phi) is 8.14. The summed E-state index contributed by atoms with van der Waals surface area (Å²) >= 11 is 0. The Morgan fingerprint density at radius 3 is 2.50 bits per heavy atom. The van der Waals surface area contributed by atoms with Gasteiger partial charge >= 0.3 is 0 Å². The first kappa shape index (κ1) is 19.2. The number of amides is 2. The Balaban J connectivity index is 0.00000242. The van der Waals surface area contributed by atoms with Crippen LogP contribution < -0.4 is 10.6 Å². The fraction of sp³-hybridized carbons (Fsp3) is 0.867. The van der Waals surface area contributed by atoms with Crippen LogP contribution in [0.4, 0.5) is 0 Å². The van der Waals surface area contributed by atoms with Crippen LogP contribution in [-0.4, -0.2) is 73.0 Å². The lowest BCUT2D eigenvalue weighted by molar-refractivity contribution is -0.135. The third-order valence-electron chi connectivity index (χ3n) is 4.43. The lowest BCUT2D eigenvalue weighted by atomic mass is 10.2. The number of nitrogens with zero attached hydrogens (tertiary/aromatic N) is 2. The molecule has 2 aliphatic heterocycles. The molecular weight excluding hydrogens is 304 g/mol. The summed E-state index contributed by atoms with van der Waals surface area (Å²) in [5, 5.41) is 6.24. The highest BCUT2D eigenvalue weighted by atomic mass is 35.5. The van der Waals surface area contributed by atoms with E-state index < -0.39 is 0 Å². The first-order valence-corrected chi connectivity index (χ1v) is 8.14. The summed E-state index contributed by atoms with van der Waals surface area (Å²) in [6, 6.07) is 0.249. The maximum Gasteiger partial charge on any atom is 0.239 e.